The van der Waals surface area contributed by atoms with Crippen molar-refractivity contribution >= 4 is 23.2 Å². The Hall–Kier alpha value is -2.73. The Labute approximate surface area is 125 Å². The van der Waals surface area contributed by atoms with Crippen molar-refractivity contribution in [3.8, 4) is 5.69 Å². The summed E-state index contributed by atoms with van der Waals surface area (Å²) in [6, 6.07) is 8.85. The maximum atomic E-state index is 12.3. The molecule has 2 aromatic heterocycles. The molecule has 0 saturated carbocycles. The summed E-state index contributed by atoms with van der Waals surface area (Å²) in [6.07, 6.45) is 6.22. The Morgan fingerprint density at radius 2 is 2.05 bits per heavy atom. The number of carbonyl (C=O) groups is 1. The lowest BCUT2D eigenvalue weighted by atomic mass is 10.2. The Balaban J connectivity index is 1.93. The highest BCUT2D eigenvalue weighted by Gasteiger charge is 2.13. The molecule has 0 aliphatic rings. The minimum Gasteiger partial charge on any atom is -0.320 e. The summed E-state index contributed by atoms with van der Waals surface area (Å²) in [5, 5.41) is 10.8. The predicted octanol–water partition coefficient (Wildman–Crippen LogP) is 2.57. The van der Waals surface area contributed by atoms with Gasteiger partial charge in [-0.2, -0.15) is 0 Å². The fourth-order valence-electron chi connectivity index (χ4n) is 1.85. The van der Waals surface area contributed by atoms with E-state index in [1.165, 1.54) is 12.4 Å². The number of hydrogen-bond acceptors (Lipinski definition) is 4. The monoisotopic (exact) mass is 299 g/mol. The van der Waals surface area contributed by atoms with Crippen LogP contribution < -0.4 is 5.32 Å². The first-order valence-electron chi connectivity index (χ1n) is 6.12. The number of nitrogens with zero attached hydrogens (tertiary/aromatic N) is 4. The van der Waals surface area contributed by atoms with Crippen molar-refractivity contribution < 1.29 is 4.79 Å². The molecule has 0 atom stereocenters. The van der Waals surface area contributed by atoms with Gasteiger partial charge in [0, 0.05) is 12.4 Å². The van der Waals surface area contributed by atoms with E-state index >= 15 is 0 Å². The number of carbonyl (C=O) groups excluding carboxylic acids is 1. The highest BCUT2D eigenvalue weighted by molar-refractivity contribution is 6.34. The van der Waals surface area contributed by atoms with Crippen molar-refractivity contribution in [2.45, 2.75) is 0 Å². The van der Waals surface area contributed by atoms with Crippen LogP contribution in [0, 0.1) is 0 Å². The SMILES string of the molecule is O=C(Nc1ccccc1-n1ccnn1)c1cnccc1Cl. The number of rotatable bonds is 3. The first-order valence-corrected chi connectivity index (χ1v) is 6.50. The predicted molar refractivity (Wildman–Crippen MR) is 78.6 cm³/mol. The van der Waals surface area contributed by atoms with Crippen molar-refractivity contribution in [3.63, 3.8) is 0 Å². The second-order valence-electron chi connectivity index (χ2n) is 4.17. The van der Waals surface area contributed by atoms with Crippen molar-refractivity contribution in [1.29, 1.82) is 0 Å². The number of pyridine rings is 1. The standard InChI is InChI=1S/C14H10ClN5O/c15-11-5-6-16-9-10(11)14(21)18-12-3-1-2-4-13(12)20-8-7-17-19-20/h1-9H,(H,18,21). The molecule has 3 rings (SSSR count). The molecule has 21 heavy (non-hydrogen) atoms. The number of nitrogens with one attached hydrogen (secondary N) is 1. The molecule has 1 N–H and O–H groups in total. The molecule has 7 heteroatoms. The molecule has 1 amide bonds. The molecule has 104 valence electrons. The largest absolute Gasteiger partial charge is 0.320 e. The molecular weight excluding hydrogens is 290 g/mol. The number of aromatic nitrogens is 4. The number of anilines is 1. The summed E-state index contributed by atoms with van der Waals surface area (Å²) in [4.78, 5) is 16.2. The quantitative estimate of drug-likeness (QED) is 0.806. The summed E-state index contributed by atoms with van der Waals surface area (Å²) in [7, 11) is 0. The van der Waals surface area contributed by atoms with Crippen LogP contribution in [0.15, 0.2) is 55.1 Å². The molecule has 3 aromatic rings. The second-order valence-corrected chi connectivity index (χ2v) is 4.58. The van der Waals surface area contributed by atoms with Crippen LogP contribution in [0.5, 0.6) is 0 Å². The van der Waals surface area contributed by atoms with Crippen LogP contribution in [0.2, 0.25) is 5.02 Å². The zero-order valence-electron chi connectivity index (χ0n) is 10.8. The van der Waals surface area contributed by atoms with E-state index in [2.05, 4.69) is 20.6 Å². The van der Waals surface area contributed by atoms with Crippen LogP contribution >= 0.6 is 11.6 Å². The average Bonchev–Trinajstić information content (AvgIpc) is 3.02. The van der Waals surface area contributed by atoms with Crippen LogP contribution in [0.25, 0.3) is 5.69 Å². The lowest BCUT2D eigenvalue weighted by Gasteiger charge is -2.10. The molecule has 2 heterocycles. The third-order valence-corrected chi connectivity index (χ3v) is 3.16. The van der Waals surface area contributed by atoms with Crippen LogP contribution in [-0.2, 0) is 0 Å². The van der Waals surface area contributed by atoms with E-state index in [1.807, 2.05) is 18.2 Å². The summed E-state index contributed by atoms with van der Waals surface area (Å²) >= 11 is 6.00. The normalized spacial score (nSPS) is 10.3. The van der Waals surface area contributed by atoms with Gasteiger partial charge in [-0.3, -0.25) is 9.78 Å². The zero-order valence-corrected chi connectivity index (χ0v) is 11.5. The Kier molecular flexibility index (Phi) is 3.61. The molecule has 0 radical (unpaired) electrons. The topological polar surface area (TPSA) is 72.7 Å². The molecule has 0 saturated heterocycles. The van der Waals surface area contributed by atoms with Crippen molar-refractivity contribution in [1.82, 2.24) is 20.0 Å². The molecule has 1 aromatic carbocycles. The number of halogens is 1. The minimum atomic E-state index is -0.333. The Morgan fingerprint density at radius 3 is 2.81 bits per heavy atom. The van der Waals surface area contributed by atoms with Gasteiger partial charge in [0.1, 0.15) is 0 Å². The van der Waals surface area contributed by atoms with Crippen molar-refractivity contribution in [3.05, 3.63) is 65.7 Å². The summed E-state index contributed by atoms with van der Waals surface area (Å²) in [5.74, 6) is -0.333. The molecule has 0 aliphatic heterocycles. The van der Waals surface area contributed by atoms with Crippen LogP contribution in [0.1, 0.15) is 10.4 Å². The first kappa shape index (κ1) is 13.3. The number of hydrogen-bond donors (Lipinski definition) is 1. The summed E-state index contributed by atoms with van der Waals surface area (Å²) in [6.45, 7) is 0. The van der Waals surface area contributed by atoms with Crippen molar-refractivity contribution in [2.24, 2.45) is 0 Å². The number of amides is 1. The zero-order chi connectivity index (χ0) is 14.7. The van der Waals surface area contributed by atoms with E-state index in [0.29, 0.717) is 22.0 Å². The van der Waals surface area contributed by atoms with Gasteiger partial charge in [-0.1, -0.05) is 28.9 Å². The third-order valence-electron chi connectivity index (χ3n) is 2.83. The van der Waals surface area contributed by atoms with Gasteiger partial charge < -0.3 is 5.32 Å². The molecule has 0 spiro atoms. The highest BCUT2D eigenvalue weighted by Crippen LogP contribution is 2.21. The summed E-state index contributed by atoms with van der Waals surface area (Å²) in [5.41, 5.74) is 1.63. The average molecular weight is 300 g/mol. The number of benzene rings is 1. The maximum absolute atomic E-state index is 12.3. The third kappa shape index (κ3) is 2.75. The summed E-state index contributed by atoms with van der Waals surface area (Å²) < 4.78 is 1.57. The van der Waals surface area contributed by atoms with Gasteiger partial charge >= 0.3 is 0 Å². The highest BCUT2D eigenvalue weighted by atomic mass is 35.5. The minimum absolute atomic E-state index is 0.313. The lowest BCUT2D eigenvalue weighted by Crippen LogP contribution is -2.14. The van der Waals surface area contributed by atoms with Crippen LogP contribution in [0.4, 0.5) is 5.69 Å². The van der Waals surface area contributed by atoms with Gasteiger partial charge in [-0.25, -0.2) is 4.68 Å². The maximum Gasteiger partial charge on any atom is 0.258 e. The second kappa shape index (κ2) is 5.72. The van der Waals surface area contributed by atoms with E-state index in [1.54, 1.807) is 29.2 Å². The van der Waals surface area contributed by atoms with Crippen LogP contribution in [0.3, 0.4) is 0 Å². The van der Waals surface area contributed by atoms with Crippen LogP contribution in [-0.4, -0.2) is 25.9 Å². The Bertz CT molecular complexity index is 773. The Morgan fingerprint density at radius 1 is 1.19 bits per heavy atom. The van der Waals surface area contributed by atoms with E-state index in [0.717, 1.165) is 0 Å². The van der Waals surface area contributed by atoms with E-state index in [4.69, 9.17) is 11.6 Å². The number of para-hydroxylation sites is 2. The van der Waals surface area contributed by atoms with Gasteiger partial charge in [0.25, 0.3) is 5.91 Å². The van der Waals surface area contributed by atoms with E-state index in [-0.39, 0.29) is 5.91 Å². The first-order chi connectivity index (χ1) is 10.3. The van der Waals surface area contributed by atoms with Gasteiger partial charge in [0.2, 0.25) is 0 Å². The van der Waals surface area contributed by atoms with Crippen molar-refractivity contribution in [2.75, 3.05) is 5.32 Å². The fraction of sp³-hybridized carbons (Fsp3) is 0. The van der Waals surface area contributed by atoms with Gasteiger partial charge in [-0.05, 0) is 18.2 Å². The van der Waals surface area contributed by atoms with Gasteiger partial charge in [0.05, 0.1) is 34.4 Å². The molecule has 0 bridgehead atoms. The van der Waals surface area contributed by atoms with E-state index in [9.17, 15) is 4.79 Å². The fourth-order valence-corrected chi connectivity index (χ4v) is 2.04. The smallest absolute Gasteiger partial charge is 0.258 e. The van der Waals surface area contributed by atoms with Gasteiger partial charge in [0.15, 0.2) is 0 Å². The molecule has 0 aliphatic carbocycles. The van der Waals surface area contributed by atoms with Gasteiger partial charge in [-0.15, -0.1) is 5.10 Å². The molecular formula is C14H10ClN5O. The molecule has 0 unspecified atom stereocenters. The molecule has 6 nitrogen and oxygen atoms in total. The molecule has 0 fully saturated rings. The lowest BCUT2D eigenvalue weighted by molar-refractivity contribution is 0.102. The van der Waals surface area contributed by atoms with E-state index < -0.39 is 0 Å².